The summed E-state index contributed by atoms with van der Waals surface area (Å²) in [4.78, 5) is 154. The van der Waals surface area contributed by atoms with Crippen LogP contribution in [0, 0.1) is 0 Å². The van der Waals surface area contributed by atoms with Gasteiger partial charge in [-0.1, -0.05) is 20.3 Å². The number of nitrogens with two attached hydrogens (primary N) is 2. The summed E-state index contributed by atoms with van der Waals surface area (Å²) in [5.74, 6) is -6.12. The third-order valence-electron chi connectivity index (χ3n) is 12.5. The van der Waals surface area contributed by atoms with E-state index in [1.165, 1.54) is 6.92 Å². The number of unbranched alkanes of at least 4 members (excludes halogenated alkanes) is 3. The van der Waals surface area contributed by atoms with Crippen LogP contribution >= 0.6 is 11.8 Å². The summed E-state index contributed by atoms with van der Waals surface area (Å²) in [6.07, 6.45) is 2.62. The van der Waals surface area contributed by atoms with Crippen molar-refractivity contribution in [3.8, 4) is 0 Å². The number of aliphatic hydroxyl groups excluding tert-OH is 3. The average Bonchev–Trinajstić information content (AvgIpc) is 3.88. The molecule has 1 fully saturated rings. The van der Waals surface area contributed by atoms with Crippen LogP contribution in [0.3, 0.4) is 0 Å². The summed E-state index contributed by atoms with van der Waals surface area (Å²) in [6.45, 7) is 5.15. The van der Waals surface area contributed by atoms with Crippen molar-refractivity contribution in [3.63, 3.8) is 0 Å². The minimum absolute atomic E-state index is 0.0805. The van der Waals surface area contributed by atoms with E-state index in [4.69, 9.17) is 21.3 Å². The van der Waals surface area contributed by atoms with Crippen molar-refractivity contribution in [2.45, 2.75) is 171 Å². The topological polar surface area (TPSA) is 430 Å². The Morgan fingerprint density at radius 2 is 1.09 bits per heavy atom. The highest BCUT2D eigenvalue weighted by molar-refractivity contribution is 8.00. The molecule has 0 bridgehead atoms. The molecule has 12 amide bonds. The monoisotopic (exact) mass is 1140 g/mol. The maximum Gasteiger partial charge on any atom is 0.253 e. The van der Waals surface area contributed by atoms with Crippen molar-refractivity contribution < 1.29 is 77.6 Å². The molecule has 0 aromatic carbocycles. The zero-order valence-corrected chi connectivity index (χ0v) is 46.4. The Balaban J connectivity index is 1.87. The van der Waals surface area contributed by atoms with Crippen molar-refractivity contribution in [2.75, 3.05) is 58.3 Å². The van der Waals surface area contributed by atoms with Crippen LogP contribution in [0.4, 0.5) is 0 Å². The van der Waals surface area contributed by atoms with Crippen LogP contribution < -0.4 is 54.0 Å². The molecule has 28 nitrogen and oxygen atoms in total. The van der Waals surface area contributed by atoms with Crippen molar-refractivity contribution in [1.82, 2.24) is 52.3 Å². The maximum atomic E-state index is 13.6. The van der Waals surface area contributed by atoms with Gasteiger partial charge in [-0.25, -0.2) is 0 Å². The van der Waals surface area contributed by atoms with Crippen LogP contribution in [0.2, 0.25) is 0 Å². The van der Waals surface area contributed by atoms with Gasteiger partial charge < -0.3 is 74.1 Å². The van der Waals surface area contributed by atoms with Crippen molar-refractivity contribution >= 4 is 82.6 Å². The summed E-state index contributed by atoms with van der Waals surface area (Å²) in [7, 11) is 0. The minimum atomic E-state index is -1.57. The first-order chi connectivity index (χ1) is 37.6. The molecule has 0 aliphatic carbocycles. The van der Waals surface area contributed by atoms with Gasteiger partial charge in [0.15, 0.2) is 0 Å². The van der Waals surface area contributed by atoms with Gasteiger partial charge in [-0.3, -0.25) is 67.3 Å². The molecule has 29 heteroatoms. The van der Waals surface area contributed by atoms with Gasteiger partial charge in [0.25, 0.3) is 11.8 Å². The summed E-state index contributed by atoms with van der Waals surface area (Å²) < 4.78 is 5.08. The number of nitrogens with zero attached hydrogens (tertiary/aromatic N) is 2. The first kappa shape index (κ1) is 69.0. The number of ether oxygens (including phenoxy) is 1. The molecule has 0 radical (unpaired) electrons. The fourth-order valence-electron chi connectivity index (χ4n) is 8.07. The Morgan fingerprint density at radius 1 is 0.620 bits per heavy atom. The lowest BCUT2D eigenvalue weighted by atomic mass is 10.0. The molecule has 2 heterocycles. The van der Waals surface area contributed by atoms with Crippen LogP contribution in [-0.4, -0.2) is 202 Å². The molecule has 0 aromatic heterocycles. The van der Waals surface area contributed by atoms with E-state index in [1.807, 2.05) is 6.92 Å². The third kappa shape index (κ3) is 27.6. The van der Waals surface area contributed by atoms with E-state index in [0.29, 0.717) is 57.9 Å². The van der Waals surface area contributed by atoms with Crippen LogP contribution in [0.15, 0.2) is 12.2 Å². The van der Waals surface area contributed by atoms with Gasteiger partial charge in [0.05, 0.1) is 37.2 Å². The number of imide groups is 2. The number of hydrogen-bond donors (Lipinski definition) is 13. The van der Waals surface area contributed by atoms with E-state index in [9.17, 15) is 67.7 Å². The number of thioether (sulfide) groups is 1. The molecule has 2 aliphatic heterocycles. The predicted octanol–water partition coefficient (Wildman–Crippen LogP) is -3.98. The lowest BCUT2D eigenvalue weighted by Crippen LogP contribution is -2.57. The van der Waals surface area contributed by atoms with Crippen LogP contribution in [-0.2, 0) is 62.3 Å². The second-order valence-corrected chi connectivity index (χ2v) is 20.2. The van der Waals surface area contributed by atoms with Gasteiger partial charge in [-0.15, -0.1) is 11.8 Å². The van der Waals surface area contributed by atoms with Crippen molar-refractivity contribution in [2.24, 2.45) is 11.5 Å². The van der Waals surface area contributed by atoms with Crippen molar-refractivity contribution in [3.05, 3.63) is 12.2 Å². The number of carbonyl (C=O) groups excluding carboxylic acids is 12. The Labute approximate surface area is 464 Å². The molecule has 446 valence electrons. The summed E-state index contributed by atoms with van der Waals surface area (Å²) >= 11 is 0.990. The number of likely N-dealkylation sites (tertiary alicyclic amines) is 1. The molecule has 2 aliphatic rings. The van der Waals surface area contributed by atoms with Gasteiger partial charge in [0.2, 0.25) is 59.1 Å². The van der Waals surface area contributed by atoms with E-state index in [-0.39, 0.29) is 109 Å². The SMILES string of the molecule is CCCC(NC(=O)C(CCCCNC(=O)CCN1C(=O)C=CC1=O)NC(=O)C(CCCCNC(=O)CCN1C(=O)CC(SCC(NC(=O)C(CCCCNC(=O)CCOCCO)NC(=O)CC)C(N)O)C1=O)NC(C)=O)C(N)O. The van der Waals surface area contributed by atoms with Gasteiger partial charge in [-0.2, -0.15) is 0 Å². The highest BCUT2D eigenvalue weighted by atomic mass is 32.2. The first-order valence-corrected chi connectivity index (χ1v) is 28.0. The minimum Gasteiger partial charge on any atom is -0.394 e. The highest BCUT2D eigenvalue weighted by Gasteiger charge is 2.40. The molecule has 0 saturated carbocycles. The third-order valence-corrected chi connectivity index (χ3v) is 13.8. The molecule has 8 unspecified atom stereocenters. The van der Waals surface area contributed by atoms with Gasteiger partial charge in [-0.05, 0) is 64.2 Å². The number of carbonyl (C=O) groups is 12. The molecular weight excluding hydrogens is 1060 g/mol. The lowest BCUT2D eigenvalue weighted by Gasteiger charge is -2.26. The van der Waals surface area contributed by atoms with E-state index < -0.39 is 113 Å². The second kappa shape index (κ2) is 38.5. The normalized spacial score (nSPS) is 16.8. The quantitative estimate of drug-likeness (QED) is 0.0157. The summed E-state index contributed by atoms with van der Waals surface area (Å²) in [6, 6.07) is -5.11. The Bertz CT molecular complexity index is 2070. The van der Waals surface area contributed by atoms with Crippen molar-refractivity contribution in [1.29, 1.82) is 0 Å². The smallest absolute Gasteiger partial charge is 0.253 e. The van der Waals surface area contributed by atoms with E-state index in [2.05, 4.69) is 42.5 Å². The molecule has 79 heavy (non-hydrogen) atoms. The molecule has 0 spiro atoms. The van der Waals surface area contributed by atoms with Gasteiger partial charge >= 0.3 is 0 Å². The molecule has 1 saturated heterocycles. The lowest BCUT2D eigenvalue weighted by molar-refractivity contribution is -0.140. The molecule has 15 N–H and O–H groups in total. The number of hydrogen-bond acceptors (Lipinski definition) is 19. The molecule has 0 aromatic rings. The largest absolute Gasteiger partial charge is 0.394 e. The summed E-state index contributed by atoms with van der Waals surface area (Å²) in [5, 5.41) is 49.7. The van der Waals surface area contributed by atoms with Crippen LogP contribution in [0.5, 0.6) is 0 Å². The number of aliphatic hydroxyl groups is 3. The average molecular weight is 1140 g/mol. The second-order valence-electron chi connectivity index (χ2n) is 19.0. The predicted molar refractivity (Wildman–Crippen MR) is 287 cm³/mol. The van der Waals surface area contributed by atoms with Gasteiger partial charge in [0.1, 0.15) is 30.6 Å². The molecule has 2 rings (SSSR count). The van der Waals surface area contributed by atoms with E-state index in [1.54, 1.807) is 6.92 Å². The summed E-state index contributed by atoms with van der Waals surface area (Å²) in [5.41, 5.74) is 11.5. The Hall–Kier alpha value is -6.11. The van der Waals surface area contributed by atoms with Crippen LogP contribution in [0.25, 0.3) is 0 Å². The first-order valence-electron chi connectivity index (χ1n) is 26.9. The maximum absolute atomic E-state index is 13.6. The highest BCUT2D eigenvalue weighted by Crippen LogP contribution is 2.26. The fourth-order valence-corrected chi connectivity index (χ4v) is 9.32. The Kier molecular flexibility index (Phi) is 33.6. The fraction of sp³-hybridized carbons (Fsp3) is 0.720. The number of rotatable bonds is 42. The standard InChI is InChI=1S/C50H84N12O16S/c1-4-12-32(45(51)72)58-49(76)35(15-8-11-22-53-39(66)18-24-61-42(69)16-17-43(61)70)59-47(74)33(56-31(3)64)13-6-9-21-54-40(67)19-25-62-44(71)29-37(50(62)77)79-30-36(46(52)73)60-48(75)34(57-38(65)5-2)14-7-10-23-55-41(68)20-27-78-28-26-63/h16-17,32-37,45-46,63,72-73H,4-15,18-30,51-52H2,1-3H3,(H,53,66)(H,54,67)(H,55,68)(H,56,64)(H,57,65)(H,58,76)(H,59,74)(H,60,75). The zero-order chi connectivity index (χ0) is 58.9. The van der Waals surface area contributed by atoms with Crippen LogP contribution in [0.1, 0.15) is 124 Å². The zero-order valence-electron chi connectivity index (χ0n) is 45.6. The molecule has 8 atom stereocenters. The number of amides is 12. The number of nitrogens with one attached hydrogen (secondary N) is 8. The molecular formula is C50H84N12O16S. The van der Waals surface area contributed by atoms with Gasteiger partial charge in [0, 0.05) is 89.7 Å². The van der Waals surface area contributed by atoms with E-state index >= 15 is 0 Å². The Morgan fingerprint density at radius 3 is 1.57 bits per heavy atom. The van der Waals surface area contributed by atoms with E-state index in [0.717, 1.165) is 33.7 Å².